The lowest BCUT2D eigenvalue weighted by atomic mass is 9.95. The molecule has 1 fully saturated rings. The van der Waals surface area contributed by atoms with Crippen LogP contribution >= 0.6 is 11.6 Å². The summed E-state index contributed by atoms with van der Waals surface area (Å²) in [6, 6.07) is 19.5. The fourth-order valence-electron chi connectivity index (χ4n) is 5.56. The molecule has 4 rings (SSSR count). The van der Waals surface area contributed by atoms with Crippen molar-refractivity contribution < 1.29 is 22.7 Å². The van der Waals surface area contributed by atoms with Gasteiger partial charge in [0.2, 0.25) is 11.8 Å². The van der Waals surface area contributed by atoms with Gasteiger partial charge in [-0.05, 0) is 62.1 Å². The van der Waals surface area contributed by atoms with Crippen molar-refractivity contribution in [3.8, 4) is 5.75 Å². The Balaban J connectivity index is 1.75. The van der Waals surface area contributed by atoms with Crippen LogP contribution in [0.25, 0.3) is 0 Å². The van der Waals surface area contributed by atoms with Gasteiger partial charge in [0, 0.05) is 17.6 Å². The number of halogens is 1. The monoisotopic (exact) mass is 625 g/mol. The van der Waals surface area contributed by atoms with Crippen LogP contribution < -0.4 is 14.4 Å². The molecule has 230 valence electrons. The van der Waals surface area contributed by atoms with Gasteiger partial charge in [-0.2, -0.15) is 0 Å². The van der Waals surface area contributed by atoms with E-state index in [0.29, 0.717) is 6.42 Å². The molecule has 3 aromatic carbocycles. The first kappa shape index (κ1) is 32.4. The Morgan fingerprint density at radius 1 is 1.00 bits per heavy atom. The number of amides is 2. The first-order valence-electron chi connectivity index (χ1n) is 14.7. The summed E-state index contributed by atoms with van der Waals surface area (Å²) in [5.41, 5.74) is 1.99. The van der Waals surface area contributed by atoms with Crippen molar-refractivity contribution in [2.75, 3.05) is 18.0 Å². The Labute approximate surface area is 260 Å². The fourth-order valence-corrected chi connectivity index (χ4v) is 7.17. The van der Waals surface area contributed by atoms with E-state index in [1.54, 1.807) is 30.3 Å². The van der Waals surface area contributed by atoms with E-state index < -0.39 is 28.5 Å². The molecule has 1 aliphatic rings. The van der Waals surface area contributed by atoms with E-state index in [1.165, 1.54) is 30.2 Å². The first-order chi connectivity index (χ1) is 20.6. The second-order valence-electron chi connectivity index (χ2n) is 10.9. The number of carbonyl (C=O) groups excluding carboxylic acids is 2. The number of ether oxygens (including phenoxy) is 1. The summed E-state index contributed by atoms with van der Waals surface area (Å²) in [5, 5.41) is 3.45. The molecular formula is C33H40ClN3O5S. The summed E-state index contributed by atoms with van der Waals surface area (Å²) in [5.74, 6) is -0.508. The smallest absolute Gasteiger partial charge is 0.264 e. The van der Waals surface area contributed by atoms with Crippen LogP contribution in [0.1, 0.15) is 56.6 Å². The maximum atomic E-state index is 14.3. The molecule has 10 heteroatoms. The van der Waals surface area contributed by atoms with Crippen LogP contribution in [-0.2, 0) is 26.2 Å². The molecule has 8 nitrogen and oxygen atoms in total. The molecule has 1 atom stereocenters. The fraction of sp³-hybridized carbons (Fsp3) is 0.394. The van der Waals surface area contributed by atoms with Gasteiger partial charge >= 0.3 is 0 Å². The molecule has 0 aliphatic heterocycles. The zero-order valence-electron chi connectivity index (χ0n) is 25.0. The van der Waals surface area contributed by atoms with Gasteiger partial charge in [0.25, 0.3) is 10.0 Å². The van der Waals surface area contributed by atoms with Gasteiger partial charge in [0.05, 0.1) is 17.7 Å². The zero-order chi connectivity index (χ0) is 31.0. The van der Waals surface area contributed by atoms with Crippen LogP contribution in [0.5, 0.6) is 5.75 Å². The molecule has 1 saturated carbocycles. The lowest BCUT2D eigenvalue weighted by molar-refractivity contribution is -0.140. The number of nitrogens with zero attached hydrogens (tertiary/aromatic N) is 2. The summed E-state index contributed by atoms with van der Waals surface area (Å²) < 4.78 is 34.7. The van der Waals surface area contributed by atoms with Crippen molar-refractivity contribution in [2.24, 2.45) is 0 Å². The second-order valence-corrected chi connectivity index (χ2v) is 13.2. The van der Waals surface area contributed by atoms with Gasteiger partial charge in [-0.3, -0.25) is 13.9 Å². The lowest BCUT2D eigenvalue weighted by Crippen LogP contribution is -2.54. The molecule has 0 saturated heterocycles. The third kappa shape index (κ3) is 8.09. The Morgan fingerprint density at radius 2 is 1.72 bits per heavy atom. The van der Waals surface area contributed by atoms with Gasteiger partial charge in [-0.1, -0.05) is 85.8 Å². The molecule has 0 unspecified atom stereocenters. The predicted molar refractivity (Wildman–Crippen MR) is 170 cm³/mol. The number of carbonyl (C=O) groups is 2. The number of aryl methyl sites for hydroxylation is 1. The number of methoxy groups -OCH3 is 1. The number of hydrogen-bond donors (Lipinski definition) is 1. The number of sulfonamides is 1. The minimum absolute atomic E-state index is 0.0112. The normalized spacial score (nSPS) is 14.5. The summed E-state index contributed by atoms with van der Waals surface area (Å²) in [6.45, 7) is 3.40. The van der Waals surface area contributed by atoms with E-state index in [1.807, 2.05) is 38.1 Å². The molecule has 0 bridgehead atoms. The molecule has 0 aromatic heterocycles. The highest BCUT2D eigenvalue weighted by molar-refractivity contribution is 7.92. The van der Waals surface area contributed by atoms with E-state index in [-0.39, 0.29) is 39.8 Å². The topological polar surface area (TPSA) is 96.0 Å². The molecule has 0 radical (unpaired) electrons. The van der Waals surface area contributed by atoms with E-state index in [4.69, 9.17) is 16.3 Å². The highest BCUT2D eigenvalue weighted by atomic mass is 35.5. The highest BCUT2D eigenvalue weighted by Gasteiger charge is 2.35. The van der Waals surface area contributed by atoms with E-state index >= 15 is 0 Å². The largest absolute Gasteiger partial charge is 0.495 e. The Kier molecular flexibility index (Phi) is 11.1. The van der Waals surface area contributed by atoms with Crippen LogP contribution in [0.2, 0.25) is 5.02 Å². The van der Waals surface area contributed by atoms with Gasteiger partial charge in [0.1, 0.15) is 18.3 Å². The van der Waals surface area contributed by atoms with Crippen molar-refractivity contribution in [2.45, 2.75) is 75.9 Å². The number of benzene rings is 3. The molecule has 43 heavy (non-hydrogen) atoms. The maximum Gasteiger partial charge on any atom is 0.264 e. The molecule has 2 amide bonds. The number of nitrogens with one attached hydrogen (secondary N) is 1. The second kappa shape index (κ2) is 14.8. The van der Waals surface area contributed by atoms with Crippen molar-refractivity contribution in [1.82, 2.24) is 10.2 Å². The van der Waals surface area contributed by atoms with Crippen LogP contribution in [0, 0.1) is 6.92 Å². The SMILES string of the molecule is CC[C@@H](C(=O)NC1CCCCC1)N(Cc1cccc(C)c1)C(=O)CN(c1cc(Cl)ccc1OC)S(=O)(=O)c1ccccc1. The molecule has 0 heterocycles. The third-order valence-corrected chi connectivity index (χ3v) is 9.80. The standard InChI is InChI=1S/C33H40ClN3O5S/c1-4-29(33(39)35-27-14-7-5-8-15-27)36(22-25-13-11-12-24(2)20-25)32(38)23-37(30-21-26(34)18-19-31(30)42-3)43(40,41)28-16-9-6-10-17-28/h6,9-13,16-21,27,29H,4-5,7-8,14-15,22-23H2,1-3H3,(H,35,39)/t29-/m0/s1. The van der Waals surface area contributed by atoms with E-state index in [0.717, 1.165) is 47.5 Å². The van der Waals surface area contributed by atoms with Crippen molar-refractivity contribution in [1.29, 1.82) is 0 Å². The van der Waals surface area contributed by atoms with Gasteiger partial charge < -0.3 is 15.0 Å². The first-order valence-corrected chi connectivity index (χ1v) is 16.5. The number of anilines is 1. The van der Waals surface area contributed by atoms with Crippen LogP contribution in [0.4, 0.5) is 5.69 Å². The minimum Gasteiger partial charge on any atom is -0.495 e. The average molecular weight is 626 g/mol. The number of hydrogen-bond acceptors (Lipinski definition) is 5. The Bertz CT molecular complexity index is 1510. The summed E-state index contributed by atoms with van der Waals surface area (Å²) in [4.78, 5) is 29.5. The molecule has 0 spiro atoms. The van der Waals surface area contributed by atoms with Crippen molar-refractivity contribution in [3.63, 3.8) is 0 Å². The number of rotatable bonds is 12. The van der Waals surface area contributed by atoms with Gasteiger partial charge in [-0.25, -0.2) is 8.42 Å². The average Bonchev–Trinajstić information content (AvgIpc) is 3.00. The van der Waals surface area contributed by atoms with Crippen LogP contribution in [0.3, 0.4) is 0 Å². The van der Waals surface area contributed by atoms with Crippen LogP contribution in [-0.4, -0.2) is 50.9 Å². The Hall–Kier alpha value is -3.56. The predicted octanol–water partition coefficient (Wildman–Crippen LogP) is 6.11. The van der Waals surface area contributed by atoms with E-state index in [9.17, 15) is 18.0 Å². The summed E-state index contributed by atoms with van der Waals surface area (Å²) in [6.07, 6.45) is 5.45. The van der Waals surface area contributed by atoms with Crippen molar-refractivity contribution >= 4 is 39.1 Å². The Morgan fingerprint density at radius 3 is 2.37 bits per heavy atom. The molecular weight excluding hydrogens is 586 g/mol. The molecule has 1 N–H and O–H groups in total. The van der Waals surface area contributed by atoms with Crippen molar-refractivity contribution in [3.05, 3.63) is 88.9 Å². The quantitative estimate of drug-likeness (QED) is 0.262. The third-order valence-electron chi connectivity index (χ3n) is 7.79. The summed E-state index contributed by atoms with van der Waals surface area (Å²) >= 11 is 6.32. The van der Waals surface area contributed by atoms with Crippen LogP contribution in [0.15, 0.2) is 77.7 Å². The molecule has 3 aromatic rings. The van der Waals surface area contributed by atoms with Gasteiger partial charge in [0.15, 0.2) is 0 Å². The highest BCUT2D eigenvalue weighted by Crippen LogP contribution is 2.35. The molecule has 1 aliphatic carbocycles. The maximum absolute atomic E-state index is 14.3. The summed E-state index contributed by atoms with van der Waals surface area (Å²) in [7, 11) is -2.82. The van der Waals surface area contributed by atoms with Gasteiger partial charge in [-0.15, -0.1) is 0 Å². The zero-order valence-corrected chi connectivity index (χ0v) is 26.5. The van der Waals surface area contributed by atoms with E-state index in [2.05, 4.69) is 5.32 Å². The lowest BCUT2D eigenvalue weighted by Gasteiger charge is -2.34. The minimum atomic E-state index is -4.24.